The van der Waals surface area contributed by atoms with Crippen molar-refractivity contribution in [1.29, 1.82) is 5.26 Å². The molecule has 0 saturated heterocycles. The van der Waals surface area contributed by atoms with E-state index in [-0.39, 0.29) is 31.6 Å². The molecule has 2 aromatic carbocycles. The van der Waals surface area contributed by atoms with Crippen LogP contribution in [0.1, 0.15) is 17.5 Å². The maximum absolute atomic E-state index is 12.8. The number of nitriles is 1. The van der Waals surface area contributed by atoms with Gasteiger partial charge in [0.05, 0.1) is 37.6 Å². The first-order valence-corrected chi connectivity index (χ1v) is 10.2. The van der Waals surface area contributed by atoms with Crippen molar-refractivity contribution in [2.24, 2.45) is 0 Å². The van der Waals surface area contributed by atoms with Gasteiger partial charge in [0, 0.05) is 17.0 Å². The molecule has 2 aromatic rings. The number of carbonyl (C=O) groups excluding carboxylic acids is 2. The highest BCUT2D eigenvalue weighted by Crippen LogP contribution is 2.31. The van der Waals surface area contributed by atoms with E-state index in [0.29, 0.717) is 23.4 Å². The number of esters is 1. The molecule has 0 unspecified atom stereocenters. The lowest BCUT2D eigenvalue weighted by Crippen LogP contribution is -2.37. The number of hydrogen-bond acceptors (Lipinski definition) is 6. The van der Waals surface area contributed by atoms with E-state index in [2.05, 4.69) is 10.1 Å². The maximum Gasteiger partial charge on any atom is 0.326 e. The second-order valence-electron chi connectivity index (χ2n) is 6.08. The molecular formula is C21H23N3O4S. The fourth-order valence-electron chi connectivity index (χ4n) is 2.70. The van der Waals surface area contributed by atoms with E-state index in [1.165, 1.54) is 23.8 Å². The zero-order valence-corrected chi connectivity index (χ0v) is 17.2. The van der Waals surface area contributed by atoms with Crippen LogP contribution in [0, 0.1) is 11.3 Å². The second kappa shape index (κ2) is 11.1. The molecule has 0 aliphatic carbocycles. The van der Waals surface area contributed by atoms with Gasteiger partial charge in [-0.05, 0) is 54.6 Å². The second-order valence-corrected chi connectivity index (χ2v) is 6.92. The fourth-order valence-corrected chi connectivity index (χ4v) is 3.36. The van der Waals surface area contributed by atoms with Crippen LogP contribution in [0.25, 0.3) is 0 Å². The molecule has 2 N–H and O–H groups in total. The summed E-state index contributed by atoms with van der Waals surface area (Å²) in [4.78, 5) is 26.5. The zero-order valence-electron chi connectivity index (χ0n) is 16.3. The number of aliphatic hydroxyl groups excluding tert-OH is 1. The van der Waals surface area contributed by atoms with E-state index < -0.39 is 0 Å². The van der Waals surface area contributed by atoms with Crippen LogP contribution in [0.15, 0.2) is 47.4 Å². The maximum atomic E-state index is 12.8. The lowest BCUT2D eigenvalue weighted by atomic mass is 10.1. The SMILES string of the molecule is COC(=O)CCc1ccc(N(CCO)C(=O)Nc2ccc(C#N)cc2)c(SC)c1. The Morgan fingerprint density at radius 1 is 1.24 bits per heavy atom. The van der Waals surface area contributed by atoms with Gasteiger partial charge in [0.1, 0.15) is 0 Å². The van der Waals surface area contributed by atoms with Crippen LogP contribution in [-0.4, -0.2) is 43.6 Å². The number of aliphatic hydroxyl groups is 1. The standard InChI is InChI=1S/C21H23N3O4S/c1-28-20(26)10-6-15-5-9-18(19(13-15)29-2)24(11-12-25)21(27)23-17-7-3-16(14-22)4-8-17/h3-5,7-9,13,25H,6,10-12H2,1-2H3,(H,23,27). The first-order chi connectivity index (χ1) is 14.0. The molecule has 152 valence electrons. The molecule has 0 atom stereocenters. The molecule has 7 nitrogen and oxygen atoms in total. The third-order valence-electron chi connectivity index (χ3n) is 4.21. The Morgan fingerprint density at radius 3 is 2.55 bits per heavy atom. The Hall–Kier alpha value is -3.02. The molecule has 0 aliphatic rings. The molecule has 0 bridgehead atoms. The van der Waals surface area contributed by atoms with Gasteiger partial charge in [-0.3, -0.25) is 9.69 Å². The van der Waals surface area contributed by atoms with Gasteiger partial charge < -0.3 is 15.2 Å². The van der Waals surface area contributed by atoms with Crippen molar-refractivity contribution >= 4 is 35.1 Å². The van der Waals surface area contributed by atoms with E-state index in [1.54, 1.807) is 24.3 Å². The Morgan fingerprint density at radius 2 is 1.97 bits per heavy atom. The number of hydrogen-bond donors (Lipinski definition) is 2. The van der Waals surface area contributed by atoms with Gasteiger partial charge in [-0.1, -0.05) is 6.07 Å². The van der Waals surface area contributed by atoms with Crippen molar-refractivity contribution in [3.05, 3.63) is 53.6 Å². The van der Waals surface area contributed by atoms with E-state index >= 15 is 0 Å². The third-order valence-corrected chi connectivity index (χ3v) is 4.98. The summed E-state index contributed by atoms with van der Waals surface area (Å²) in [7, 11) is 1.36. The monoisotopic (exact) mass is 413 g/mol. The highest BCUT2D eigenvalue weighted by atomic mass is 32.2. The summed E-state index contributed by atoms with van der Waals surface area (Å²) in [5, 5.41) is 21.1. The van der Waals surface area contributed by atoms with Gasteiger partial charge >= 0.3 is 12.0 Å². The predicted molar refractivity (Wildman–Crippen MR) is 113 cm³/mol. The lowest BCUT2D eigenvalue weighted by Gasteiger charge is -2.25. The summed E-state index contributed by atoms with van der Waals surface area (Å²) in [6.07, 6.45) is 2.72. The minimum atomic E-state index is -0.388. The Bertz CT molecular complexity index is 894. The van der Waals surface area contributed by atoms with Crippen molar-refractivity contribution in [3.63, 3.8) is 0 Å². The van der Waals surface area contributed by atoms with Crippen LogP contribution >= 0.6 is 11.8 Å². The summed E-state index contributed by atoms with van der Waals surface area (Å²) >= 11 is 1.48. The smallest absolute Gasteiger partial charge is 0.326 e. The van der Waals surface area contributed by atoms with Gasteiger partial charge in [-0.15, -0.1) is 11.8 Å². The number of aryl methyl sites for hydroxylation is 1. The van der Waals surface area contributed by atoms with E-state index in [0.717, 1.165) is 10.5 Å². The minimum absolute atomic E-state index is 0.122. The average molecular weight is 413 g/mol. The third kappa shape index (κ3) is 6.24. The first kappa shape index (κ1) is 22.3. The van der Waals surface area contributed by atoms with Crippen molar-refractivity contribution < 1.29 is 19.4 Å². The van der Waals surface area contributed by atoms with Crippen molar-refractivity contribution in [1.82, 2.24) is 0 Å². The number of nitrogens with zero attached hydrogens (tertiary/aromatic N) is 2. The summed E-state index contributed by atoms with van der Waals surface area (Å²) < 4.78 is 4.67. The van der Waals surface area contributed by atoms with Crippen LogP contribution in [0.5, 0.6) is 0 Å². The van der Waals surface area contributed by atoms with Gasteiger partial charge in [-0.2, -0.15) is 5.26 Å². The summed E-state index contributed by atoms with van der Waals surface area (Å²) in [6.45, 7) is -0.0735. The molecule has 2 amide bonds. The van der Waals surface area contributed by atoms with Crippen molar-refractivity contribution in [2.75, 3.05) is 36.7 Å². The molecule has 0 aliphatic heterocycles. The van der Waals surface area contributed by atoms with Crippen LogP contribution in [0.2, 0.25) is 0 Å². The highest BCUT2D eigenvalue weighted by Gasteiger charge is 2.19. The number of carbonyl (C=O) groups is 2. The number of methoxy groups -OCH3 is 1. The van der Waals surface area contributed by atoms with Crippen LogP contribution < -0.4 is 10.2 Å². The molecule has 0 spiro atoms. The Labute approximate surface area is 174 Å². The van der Waals surface area contributed by atoms with Crippen LogP contribution in [-0.2, 0) is 16.0 Å². The molecule has 29 heavy (non-hydrogen) atoms. The van der Waals surface area contributed by atoms with E-state index in [9.17, 15) is 14.7 Å². The number of rotatable bonds is 8. The molecule has 0 radical (unpaired) electrons. The fraction of sp³-hybridized carbons (Fsp3) is 0.286. The molecule has 2 rings (SSSR count). The highest BCUT2D eigenvalue weighted by molar-refractivity contribution is 7.98. The first-order valence-electron chi connectivity index (χ1n) is 8.95. The molecule has 0 aromatic heterocycles. The Kier molecular flexibility index (Phi) is 8.52. The number of ether oxygens (including phenoxy) is 1. The zero-order chi connectivity index (χ0) is 21.2. The van der Waals surface area contributed by atoms with Crippen molar-refractivity contribution in [2.45, 2.75) is 17.7 Å². The lowest BCUT2D eigenvalue weighted by molar-refractivity contribution is -0.140. The largest absolute Gasteiger partial charge is 0.469 e. The normalized spacial score (nSPS) is 10.1. The molecular weight excluding hydrogens is 390 g/mol. The Balaban J connectivity index is 2.22. The van der Waals surface area contributed by atoms with Crippen LogP contribution in [0.4, 0.5) is 16.2 Å². The van der Waals surface area contributed by atoms with E-state index in [4.69, 9.17) is 5.26 Å². The molecule has 0 heterocycles. The number of amides is 2. The van der Waals surface area contributed by atoms with Crippen LogP contribution in [0.3, 0.4) is 0 Å². The number of nitrogens with one attached hydrogen (secondary N) is 1. The molecule has 8 heteroatoms. The predicted octanol–water partition coefficient (Wildman–Crippen LogP) is 3.42. The number of benzene rings is 2. The minimum Gasteiger partial charge on any atom is -0.469 e. The average Bonchev–Trinajstić information content (AvgIpc) is 2.76. The topological polar surface area (TPSA) is 103 Å². The van der Waals surface area contributed by atoms with Gasteiger partial charge in [0.2, 0.25) is 0 Å². The number of urea groups is 1. The van der Waals surface area contributed by atoms with Gasteiger partial charge in [-0.25, -0.2) is 4.79 Å². The number of anilines is 2. The summed E-state index contributed by atoms with van der Waals surface area (Å²) in [5.74, 6) is -0.275. The summed E-state index contributed by atoms with van der Waals surface area (Å²) in [5.41, 5.74) is 2.68. The van der Waals surface area contributed by atoms with Gasteiger partial charge in [0.25, 0.3) is 0 Å². The number of thioether (sulfide) groups is 1. The van der Waals surface area contributed by atoms with E-state index in [1.807, 2.05) is 30.5 Å². The van der Waals surface area contributed by atoms with Crippen molar-refractivity contribution in [3.8, 4) is 6.07 Å². The van der Waals surface area contributed by atoms with Gasteiger partial charge in [0.15, 0.2) is 0 Å². The molecule has 0 fully saturated rings. The quantitative estimate of drug-likeness (QED) is 0.508. The molecule has 0 saturated carbocycles. The summed E-state index contributed by atoms with van der Waals surface area (Å²) in [6, 6.07) is 13.8.